The molecule has 0 spiro atoms. The van der Waals surface area contributed by atoms with Gasteiger partial charge in [0.25, 0.3) is 0 Å². The van der Waals surface area contributed by atoms with Crippen LogP contribution in [0.2, 0.25) is 0 Å². The lowest BCUT2D eigenvalue weighted by molar-refractivity contribution is -0.386. The number of carbonyl (C=O) groups is 1. The van der Waals surface area contributed by atoms with Crippen LogP contribution in [0.15, 0.2) is 6.07 Å². The van der Waals surface area contributed by atoms with Crippen LogP contribution in [0.3, 0.4) is 0 Å². The highest BCUT2D eigenvalue weighted by molar-refractivity contribution is 5.92. The van der Waals surface area contributed by atoms with Crippen LogP contribution in [0.4, 0.5) is 5.69 Å². The predicted molar refractivity (Wildman–Crippen MR) is 53.0 cm³/mol. The summed E-state index contributed by atoms with van der Waals surface area (Å²) in [5, 5.41) is 29.2. The van der Waals surface area contributed by atoms with Gasteiger partial charge in [0.1, 0.15) is 0 Å². The van der Waals surface area contributed by atoms with E-state index in [1.807, 2.05) is 0 Å². The van der Waals surface area contributed by atoms with Gasteiger partial charge in [0.05, 0.1) is 21.6 Å². The van der Waals surface area contributed by atoms with E-state index in [0.717, 1.165) is 0 Å². The molecule has 0 saturated carbocycles. The van der Waals surface area contributed by atoms with Crippen LogP contribution < -0.4 is 4.74 Å². The summed E-state index contributed by atoms with van der Waals surface area (Å²) in [6.07, 6.45) is 0. The third-order valence-electron chi connectivity index (χ3n) is 2.01. The first kappa shape index (κ1) is 7.91. The van der Waals surface area contributed by atoms with Gasteiger partial charge in [-0.15, -0.1) is 0 Å². The first-order valence-electron chi connectivity index (χ1n) is 5.48. The molecule has 0 unspecified atom stereocenters. The molecule has 0 fully saturated rings. The quantitative estimate of drug-likeness (QED) is 0.598. The van der Waals surface area contributed by atoms with Crippen molar-refractivity contribution in [1.29, 1.82) is 0 Å². The van der Waals surface area contributed by atoms with Gasteiger partial charge in [-0.25, -0.2) is 4.79 Å². The van der Waals surface area contributed by atoms with E-state index in [1.165, 1.54) is 6.92 Å². The summed E-state index contributed by atoms with van der Waals surface area (Å²) >= 11 is 0. The number of carboxylic acid groups (broad SMARTS) is 1. The first-order chi connectivity index (χ1) is 8.54. The summed E-state index contributed by atoms with van der Waals surface area (Å²) in [5.74, 6) is -3.27. The Labute approximate surface area is 94.3 Å². The number of hydrogen-bond acceptors (Lipinski definition) is 5. The molecule has 0 bridgehead atoms. The smallest absolute Gasteiger partial charge is 0.336 e. The van der Waals surface area contributed by atoms with Crippen LogP contribution in [0.5, 0.6) is 11.5 Å². The van der Waals surface area contributed by atoms with Gasteiger partial charge in [-0.3, -0.25) is 10.1 Å². The fourth-order valence-corrected chi connectivity index (χ4v) is 1.22. The van der Waals surface area contributed by atoms with Gasteiger partial charge in [-0.05, 0) is 6.92 Å². The van der Waals surface area contributed by atoms with Gasteiger partial charge in [0.2, 0.25) is 5.75 Å². The number of nitrogens with zero attached hydrogens (tertiary/aromatic N) is 1. The number of methoxy groups -OCH3 is 1. The third kappa shape index (κ3) is 1.74. The van der Waals surface area contributed by atoms with E-state index < -0.39 is 40.7 Å². The van der Waals surface area contributed by atoms with Crippen LogP contribution in [0, 0.1) is 17.0 Å². The van der Waals surface area contributed by atoms with Crippen molar-refractivity contribution in [3.63, 3.8) is 0 Å². The molecular weight excluding hydrogens is 218 g/mol. The van der Waals surface area contributed by atoms with Crippen LogP contribution >= 0.6 is 0 Å². The van der Waals surface area contributed by atoms with Crippen LogP contribution in [-0.4, -0.2) is 28.1 Å². The highest BCUT2D eigenvalue weighted by Crippen LogP contribution is 2.40. The highest BCUT2D eigenvalue weighted by Gasteiger charge is 2.25. The molecule has 16 heavy (non-hydrogen) atoms. The van der Waals surface area contributed by atoms with E-state index >= 15 is 0 Å². The number of benzene rings is 1. The number of nitro benzene ring substituents is 1. The van der Waals surface area contributed by atoms with Crippen LogP contribution in [0.25, 0.3) is 0 Å². The average Bonchev–Trinajstić information content (AvgIpc) is 2.21. The van der Waals surface area contributed by atoms with Crippen molar-refractivity contribution in [2.45, 2.75) is 6.92 Å². The van der Waals surface area contributed by atoms with Gasteiger partial charge in [-0.2, -0.15) is 0 Å². The van der Waals surface area contributed by atoms with Gasteiger partial charge in [0.15, 0.2) is 5.75 Å². The fourth-order valence-electron chi connectivity index (χ4n) is 1.22. The van der Waals surface area contributed by atoms with Gasteiger partial charge >= 0.3 is 11.7 Å². The molecule has 7 heteroatoms. The summed E-state index contributed by atoms with van der Waals surface area (Å²) in [7, 11) is -2.98. The van der Waals surface area contributed by atoms with E-state index in [9.17, 15) is 20.0 Å². The van der Waals surface area contributed by atoms with Crippen LogP contribution in [0.1, 0.15) is 20.0 Å². The van der Waals surface area contributed by atoms with Gasteiger partial charge in [-0.1, -0.05) is 0 Å². The predicted octanol–water partition coefficient (Wildman–Crippen LogP) is 1.32. The third-order valence-corrected chi connectivity index (χ3v) is 2.01. The Morgan fingerprint density at radius 2 is 2.31 bits per heavy atom. The molecule has 7 nitrogen and oxygen atoms in total. The summed E-state index contributed by atoms with van der Waals surface area (Å²) in [6.45, 7) is 1.17. The minimum absolute atomic E-state index is 0.216. The summed E-state index contributed by atoms with van der Waals surface area (Å²) in [4.78, 5) is 20.6. The normalized spacial score (nSPS) is 13.4. The van der Waals surface area contributed by atoms with Crippen molar-refractivity contribution in [1.82, 2.24) is 0 Å². The summed E-state index contributed by atoms with van der Waals surface area (Å²) in [5.41, 5.74) is -1.68. The van der Waals surface area contributed by atoms with Crippen molar-refractivity contribution < 1.29 is 28.8 Å². The fraction of sp³-hybridized carbons (Fsp3) is 0.222. The molecule has 0 radical (unpaired) electrons. The van der Waals surface area contributed by atoms with Gasteiger partial charge in [0, 0.05) is 11.6 Å². The molecule has 0 aliphatic heterocycles. The minimum Gasteiger partial charge on any atom is -0.500 e. The molecular formula is C9H9NO6. The largest absolute Gasteiger partial charge is 0.500 e. The second-order valence-corrected chi connectivity index (χ2v) is 2.91. The van der Waals surface area contributed by atoms with E-state index in [2.05, 4.69) is 4.74 Å². The molecule has 0 amide bonds. The number of rotatable bonds is 3. The van der Waals surface area contributed by atoms with Crippen LogP contribution in [-0.2, 0) is 0 Å². The Morgan fingerprint density at radius 3 is 2.75 bits per heavy atom. The van der Waals surface area contributed by atoms with Crippen molar-refractivity contribution in [3.05, 3.63) is 27.3 Å². The number of phenols is 1. The van der Waals surface area contributed by atoms with Crippen molar-refractivity contribution in [2.75, 3.05) is 7.04 Å². The minimum atomic E-state index is -2.98. The molecule has 0 aliphatic carbocycles. The standard InChI is InChI=1S/C9H9NO6/c1-4-5(9(12)13)3-6(10(14)15)7(11)8(4)16-2/h3,11H,1-2H3,(H,12,13)/i2D3. The zero-order valence-electron chi connectivity index (χ0n) is 11.1. The number of aromatic hydroxyl groups is 1. The number of hydrogen-bond donors (Lipinski definition) is 2. The molecule has 1 rings (SSSR count). The molecule has 1 aromatic rings. The Kier molecular flexibility index (Phi) is 2.00. The average molecular weight is 230 g/mol. The van der Waals surface area contributed by atoms with Gasteiger partial charge < -0.3 is 14.9 Å². The number of aromatic carboxylic acids is 1. The molecule has 0 aliphatic rings. The second kappa shape index (κ2) is 4.05. The van der Waals surface area contributed by atoms with Crippen molar-refractivity contribution in [2.24, 2.45) is 0 Å². The lowest BCUT2D eigenvalue weighted by Gasteiger charge is -2.09. The number of carboxylic acids is 1. The summed E-state index contributed by atoms with van der Waals surface area (Å²) < 4.78 is 25.1. The zero-order chi connectivity index (χ0) is 15.0. The van der Waals surface area contributed by atoms with Crippen molar-refractivity contribution >= 4 is 11.7 Å². The molecule has 86 valence electrons. The lowest BCUT2D eigenvalue weighted by Crippen LogP contribution is -2.04. The summed E-state index contributed by atoms with van der Waals surface area (Å²) in [6, 6.07) is 0.638. The molecule has 0 aromatic heterocycles. The van der Waals surface area contributed by atoms with E-state index in [0.29, 0.717) is 6.07 Å². The maximum absolute atomic E-state index is 10.9. The second-order valence-electron chi connectivity index (χ2n) is 2.91. The van der Waals surface area contributed by atoms with Crippen molar-refractivity contribution in [3.8, 4) is 11.5 Å². The molecule has 0 saturated heterocycles. The maximum Gasteiger partial charge on any atom is 0.336 e. The number of phenolic OH excluding ortho intramolecular Hbond substituents is 1. The monoisotopic (exact) mass is 230 g/mol. The number of nitro groups is 1. The first-order valence-corrected chi connectivity index (χ1v) is 3.98. The lowest BCUT2D eigenvalue weighted by atomic mass is 10.1. The van der Waals surface area contributed by atoms with E-state index in [4.69, 9.17) is 9.22 Å². The topological polar surface area (TPSA) is 110 Å². The van der Waals surface area contributed by atoms with E-state index in [-0.39, 0.29) is 5.56 Å². The number of ether oxygens (including phenoxy) is 1. The molecule has 0 atom stereocenters. The Bertz CT molecular complexity index is 516. The molecule has 1 aromatic carbocycles. The Balaban J connectivity index is 3.59. The highest BCUT2D eigenvalue weighted by atomic mass is 16.6. The van der Waals surface area contributed by atoms with E-state index in [1.54, 1.807) is 0 Å². The zero-order valence-corrected chi connectivity index (χ0v) is 8.05. The Morgan fingerprint density at radius 1 is 1.69 bits per heavy atom. The maximum atomic E-state index is 10.9. The SMILES string of the molecule is [2H]C([2H])([2H])Oc1c(C)c(C(=O)O)cc([N+](=O)[O-])c1O. The molecule has 0 heterocycles. The molecule has 2 N–H and O–H groups in total. The Hall–Kier alpha value is -2.31.